The maximum absolute atomic E-state index is 12.6. The van der Waals surface area contributed by atoms with E-state index in [1.54, 1.807) is 18.2 Å². The Kier molecular flexibility index (Phi) is 5.96. The van der Waals surface area contributed by atoms with Gasteiger partial charge in [0, 0.05) is 21.6 Å². The van der Waals surface area contributed by atoms with Gasteiger partial charge in [0.25, 0.3) is 5.91 Å². The van der Waals surface area contributed by atoms with Gasteiger partial charge >= 0.3 is 0 Å². The molecule has 0 saturated heterocycles. The Hall–Kier alpha value is -1.60. The zero-order valence-electron chi connectivity index (χ0n) is 13.5. The third-order valence-electron chi connectivity index (χ3n) is 4.01. The van der Waals surface area contributed by atoms with Gasteiger partial charge in [0.1, 0.15) is 6.04 Å². The van der Waals surface area contributed by atoms with Gasteiger partial charge in [-0.25, -0.2) is 0 Å². The number of carbonyl (C=O) groups excluding carboxylic acids is 2. The standard InChI is InChI=1S/C19H18ClIN2O2/c20-15-9-6-13(11-16(15)21)18(24)23-17(19(25)22-14-7-8-14)10-12-4-2-1-3-5-12/h1-6,9,11,14,17H,7-8,10H2,(H,22,25)(H,23,24). The zero-order chi connectivity index (χ0) is 17.8. The van der Waals surface area contributed by atoms with Crippen LogP contribution in [0.2, 0.25) is 5.02 Å². The quantitative estimate of drug-likeness (QED) is 0.637. The molecule has 0 bridgehead atoms. The largest absolute Gasteiger partial charge is 0.352 e. The molecule has 6 heteroatoms. The molecule has 2 aromatic rings. The molecule has 0 aliphatic heterocycles. The van der Waals surface area contributed by atoms with Crippen LogP contribution in [0.1, 0.15) is 28.8 Å². The third kappa shape index (κ3) is 5.19. The Bertz CT molecular complexity index is 778. The lowest BCUT2D eigenvalue weighted by atomic mass is 10.0. The second-order valence-electron chi connectivity index (χ2n) is 6.13. The van der Waals surface area contributed by atoms with Gasteiger partial charge < -0.3 is 10.6 Å². The van der Waals surface area contributed by atoms with E-state index in [2.05, 4.69) is 33.2 Å². The van der Waals surface area contributed by atoms with E-state index in [4.69, 9.17) is 11.6 Å². The number of nitrogens with one attached hydrogen (secondary N) is 2. The summed E-state index contributed by atoms with van der Waals surface area (Å²) >= 11 is 8.09. The zero-order valence-corrected chi connectivity index (χ0v) is 16.4. The van der Waals surface area contributed by atoms with Gasteiger partial charge in [-0.05, 0) is 59.2 Å². The normalized spacial score (nSPS) is 14.6. The summed E-state index contributed by atoms with van der Waals surface area (Å²) in [6.07, 6.45) is 2.47. The summed E-state index contributed by atoms with van der Waals surface area (Å²) in [5, 5.41) is 6.44. The fourth-order valence-corrected chi connectivity index (χ4v) is 3.10. The monoisotopic (exact) mass is 468 g/mol. The number of amides is 2. The van der Waals surface area contributed by atoms with E-state index in [1.165, 1.54) is 0 Å². The third-order valence-corrected chi connectivity index (χ3v) is 5.55. The van der Waals surface area contributed by atoms with Gasteiger partial charge in [-0.2, -0.15) is 0 Å². The van der Waals surface area contributed by atoms with Crippen molar-refractivity contribution in [2.45, 2.75) is 31.3 Å². The van der Waals surface area contributed by atoms with Crippen LogP contribution >= 0.6 is 34.2 Å². The first kappa shape index (κ1) is 18.2. The van der Waals surface area contributed by atoms with Crippen molar-refractivity contribution in [3.63, 3.8) is 0 Å². The van der Waals surface area contributed by atoms with Crippen LogP contribution in [0.25, 0.3) is 0 Å². The van der Waals surface area contributed by atoms with Gasteiger partial charge in [-0.15, -0.1) is 0 Å². The van der Waals surface area contributed by atoms with Crippen LogP contribution in [0.15, 0.2) is 48.5 Å². The van der Waals surface area contributed by atoms with E-state index in [1.807, 2.05) is 30.3 Å². The van der Waals surface area contributed by atoms with Crippen molar-refractivity contribution in [1.82, 2.24) is 10.6 Å². The second kappa shape index (κ2) is 8.19. The summed E-state index contributed by atoms with van der Waals surface area (Å²) in [7, 11) is 0. The number of carbonyl (C=O) groups is 2. The molecule has 2 amide bonds. The molecule has 1 atom stereocenters. The number of hydrogen-bond acceptors (Lipinski definition) is 2. The van der Waals surface area contributed by atoms with Crippen molar-refractivity contribution in [2.24, 2.45) is 0 Å². The SMILES string of the molecule is O=C(NC(Cc1ccccc1)C(=O)NC1CC1)c1ccc(Cl)c(I)c1. The lowest BCUT2D eigenvalue weighted by Crippen LogP contribution is -2.48. The summed E-state index contributed by atoms with van der Waals surface area (Å²) in [4.78, 5) is 25.1. The highest BCUT2D eigenvalue weighted by Gasteiger charge is 2.28. The Morgan fingerprint density at radius 3 is 2.52 bits per heavy atom. The van der Waals surface area contributed by atoms with E-state index >= 15 is 0 Å². The molecule has 0 heterocycles. The summed E-state index contributed by atoms with van der Waals surface area (Å²) in [5.41, 5.74) is 1.50. The molecule has 1 saturated carbocycles. The van der Waals surface area contributed by atoms with Crippen LogP contribution < -0.4 is 10.6 Å². The fraction of sp³-hybridized carbons (Fsp3) is 0.263. The molecule has 0 aromatic heterocycles. The van der Waals surface area contributed by atoms with Gasteiger partial charge in [0.05, 0.1) is 5.02 Å². The Labute approximate surface area is 165 Å². The van der Waals surface area contributed by atoms with Crippen molar-refractivity contribution in [3.8, 4) is 0 Å². The minimum absolute atomic E-state index is 0.136. The number of benzene rings is 2. The van der Waals surface area contributed by atoms with Crippen LogP contribution in [0, 0.1) is 3.57 Å². The molecule has 4 nitrogen and oxygen atoms in total. The average molecular weight is 469 g/mol. The molecule has 130 valence electrons. The highest BCUT2D eigenvalue weighted by molar-refractivity contribution is 14.1. The first-order chi connectivity index (χ1) is 12.0. The molecule has 2 aromatic carbocycles. The van der Waals surface area contributed by atoms with Crippen LogP contribution in [-0.2, 0) is 11.2 Å². The average Bonchev–Trinajstić information content (AvgIpc) is 3.41. The topological polar surface area (TPSA) is 58.2 Å². The molecule has 1 aliphatic rings. The Morgan fingerprint density at radius 1 is 1.16 bits per heavy atom. The maximum Gasteiger partial charge on any atom is 0.251 e. The molecule has 1 unspecified atom stereocenters. The fourth-order valence-electron chi connectivity index (χ4n) is 2.47. The van der Waals surface area contributed by atoms with E-state index in [-0.39, 0.29) is 17.9 Å². The Morgan fingerprint density at radius 2 is 1.88 bits per heavy atom. The van der Waals surface area contributed by atoms with Gasteiger partial charge in [0.2, 0.25) is 5.91 Å². The first-order valence-electron chi connectivity index (χ1n) is 8.13. The Balaban J connectivity index is 1.74. The van der Waals surface area contributed by atoms with E-state index in [0.29, 0.717) is 17.0 Å². The van der Waals surface area contributed by atoms with Crippen LogP contribution in [0.5, 0.6) is 0 Å². The molecule has 2 N–H and O–H groups in total. The molecule has 0 radical (unpaired) electrons. The van der Waals surface area contributed by atoms with Crippen molar-refractivity contribution in [3.05, 3.63) is 68.3 Å². The van der Waals surface area contributed by atoms with Crippen molar-refractivity contribution in [2.75, 3.05) is 0 Å². The van der Waals surface area contributed by atoms with Gasteiger partial charge in [-0.3, -0.25) is 9.59 Å². The van der Waals surface area contributed by atoms with Gasteiger partial charge in [-0.1, -0.05) is 41.9 Å². The lowest BCUT2D eigenvalue weighted by molar-refractivity contribution is -0.123. The molecule has 3 rings (SSSR count). The molecule has 0 spiro atoms. The predicted octanol–water partition coefficient (Wildman–Crippen LogP) is 3.56. The van der Waals surface area contributed by atoms with Crippen LogP contribution in [0.3, 0.4) is 0 Å². The lowest BCUT2D eigenvalue weighted by Gasteiger charge is -2.19. The summed E-state index contributed by atoms with van der Waals surface area (Å²) in [5.74, 6) is -0.412. The van der Waals surface area contributed by atoms with Crippen molar-refractivity contribution >= 4 is 46.0 Å². The van der Waals surface area contributed by atoms with E-state index in [9.17, 15) is 9.59 Å². The van der Waals surface area contributed by atoms with Gasteiger partial charge in [0.15, 0.2) is 0 Å². The van der Waals surface area contributed by atoms with E-state index < -0.39 is 6.04 Å². The summed E-state index contributed by atoms with van der Waals surface area (Å²) in [6, 6.07) is 14.4. The summed E-state index contributed by atoms with van der Waals surface area (Å²) < 4.78 is 0.800. The molecule has 25 heavy (non-hydrogen) atoms. The second-order valence-corrected chi connectivity index (χ2v) is 7.70. The molecule has 1 aliphatic carbocycles. The summed E-state index contributed by atoms with van der Waals surface area (Å²) in [6.45, 7) is 0. The minimum atomic E-state index is -0.608. The highest BCUT2D eigenvalue weighted by atomic mass is 127. The highest BCUT2D eigenvalue weighted by Crippen LogP contribution is 2.20. The van der Waals surface area contributed by atoms with Crippen LogP contribution in [0.4, 0.5) is 0 Å². The molecule has 1 fully saturated rings. The smallest absolute Gasteiger partial charge is 0.251 e. The number of rotatable bonds is 6. The molecular weight excluding hydrogens is 451 g/mol. The molecular formula is C19H18ClIN2O2. The maximum atomic E-state index is 12.6. The number of hydrogen-bond donors (Lipinski definition) is 2. The van der Waals surface area contributed by atoms with Crippen molar-refractivity contribution < 1.29 is 9.59 Å². The van der Waals surface area contributed by atoms with Crippen LogP contribution in [-0.4, -0.2) is 23.9 Å². The predicted molar refractivity (Wildman–Crippen MR) is 107 cm³/mol. The minimum Gasteiger partial charge on any atom is -0.352 e. The van der Waals surface area contributed by atoms with Crippen molar-refractivity contribution in [1.29, 1.82) is 0 Å². The number of halogens is 2. The first-order valence-corrected chi connectivity index (χ1v) is 9.59. The van der Waals surface area contributed by atoms with E-state index in [0.717, 1.165) is 22.0 Å².